The van der Waals surface area contributed by atoms with Gasteiger partial charge in [-0.1, -0.05) is 49.4 Å². The van der Waals surface area contributed by atoms with E-state index in [1.807, 2.05) is 74.2 Å². The number of para-hydroxylation sites is 1. The Morgan fingerprint density at radius 1 is 1.08 bits per heavy atom. The maximum atomic E-state index is 13.2. The first-order chi connectivity index (χ1) is 17.8. The van der Waals surface area contributed by atoms with E-state index in [0.717, 1.165) is 45.4 Å². The highest BCUT2D eigenvalue weighted by Gasteiger charge is 2.23. The molecule has 7 heteroatoms. The van der Waals surface area contributed by atoms with Gasteiger partial charge in [-0.2, -0.15) is 4.98 Å². The molecule has 0 aliphatic carbocycles. The molecule has 7 nitrogen and oxygen atoms in total. The van der Waals surface area contributed by atoms with Crippen LogP contribution in [0.5, 0.6) is 0 Å². The fourth-order valence-corrected chi connectivity index (χ4v) is 5.01. The summed E-state index contributed by atoms with van der Waals surface area (Å²) < 4.78 is 5.99. The van der Waals surface area contributed by atoms with Gasteiger partial charge in [-0.3, -0.25) is 9.59 Å². The third kappa shape index (κ3) is 5.35. The minimum Gasteiger partial charge on any atom is -0.481 e. The molecular formula is C30H31N3O4. The van der Waals surface area contributed by atoms with Crippen LogP contribution in [0.15, 0.2) is 59.0 Å². The normalized spacial score (nSPS) is 13.9. The molecule has 190 valence electrons. The number of hydrogen-bond donors (Lipinski definition) is 2. The number of hydrogen-bond acceptors (Lipinski definition) is 5. The summed E-state index contributed by atoms with van der Waals surface area (Å²) in [6, 6.07) is 18.4. The van der Waals surface area contributed by atoms with Crippen LogP contribution in [-0.2, 0) is 29.0 Å². The minimum atomic E-state index is -0.792. The summed E-state index contributed by atoms with van der Waals surface area (Å²) in [5.74, 6) is -0.755. The number of carboxylic acids is 1. The number of fused-ring (bicyclic) bond motifs is 2. The number of carbonyl (C=O) groups excluding carboxylic acids is 1. The Morgan fingerprint density at radius 3 is 2.68 bits per heavy atom. The van der Waals surface area contributed by atoms with Gasteiger partial charge in [0.05, 0.1) is 12.8 Å². The molecular weight excluding hydrogens is 466 g/mol. The smallest absolute Gasteiger partial charge is 0.303 e. The van der Waals surface area contributed by atoms with E-state index < -0.39 is 5.97 Å². The van der Waals surface area contributed by atoms with E-state index in [-0.39, 0.29) is 18.2 Å². The number of aromatic nitrogens is 1. The van der Waals surface area contributed by atoms with Crippen LogP contribution < -0.4 is 5.32 Å². The molecule has 5 rings (SSSR count). The Balaban J connectivity index is 1.28. The van der Waals surface area contributed by atoms with Gasteiger partial charge in [-0.15, -0.1) is 0 Å². The van der Waals surface area contributed by atoms with Crippen molar-refractivity contribution in [3.63, 3.8) is 0 Å². The number of aryl methyl sites for hydroxylation is 2. The average molecular weight is 498 g/mol. The fourth-order valence-electron chi connectivity index (χ4n) is 5.01. The standard InChI is InChI=1S/C30H31N3O4/c1-18-6-4-5-7-25(18)31-30-32-29-20(3)12-21(14-26(29)37-30)15-27(34)33-11-10-23-16-22(8-9-24(23)17-33)19(2)13-28(35)36/h4-9,12,14,16,19H,10-11,13,15,17H2,1-3H3,(H,31,32)(H,35,36). The van der Waals surface area contributed by atoms with Gasteiger partial charge in [0, 0.05) is 18.8 Å². The van der Waals surface area contributed by atoms with E-state index in [0.29, 0.717) is 31.1 Å². The van der Waals surface area contributed by atoms with Gasteiger partial charge < -0.3 is 19.7 Å². The lowest BCUT2D eigenvalue weighted by molar-refractivity contribution is -0.137. The first-order valence-electron chi connectivity index (χ1n) is 12.6. The lowest BCUT2D eigenvalue weighted by Crippen LogP contribution is -2.37. The van der Waals surface area contributed by atoms with E-state index >= 15 is 0 Å². The van der Waals surface area contributed by atoms with Crippen molar-refractivity contribution in [2.45, 2.75) is 52.5 Å². The highest BCUT2D eigenvalue weighted by Crippen LogP contribution is 2.29. The summed E-state index contributed by atoms with van der Waals surface area (Å²) in [7, 11) is 0. The minimum absolute atomic E-state index is 0.0378. The molecule has 37 heavy (non-hydrogen) atoms. The maximum absolute atomic E-state index is 13.2. The highest BCUT2D eigenvalue weighted by atomic mass is 16.4. The topological polar surface area (TPSA) is 95.7 Å². The number of oxazole rings is 1. The predicted molar refractivity (Wildman–Crippen MR) is 143 cm³/mol. The van der Waals surface area contributed by atoms with Crippen molar-refractivity contribution < 1.29 is 19.1 Å². The van der Waals surface area contributed by atoms with Crippen molar-refractivity contribution >= 4 is 34.7 Å². The zero-order chi connectivity index (χ0) is 26.1. The van der Waals surface area contributed by atoms with E-state index in [1.165, 1.54) is 5.56 Å². The average Bonchev–Trinajstić information content (AvgIpc) is 3.27. The first-order valence-corrected chi connectivity index (χ1v) is 12.6. The van der Waals surface area contributed by atoms with Gasteiger partial charge in [0.2, 0.25) is 5.91 Å². The number of aliphatic carboxylic acids is 1. The largest absolute Gasteiger partial charge is 0.481 e. The molecule has 0 saturated carbocycles. The van der Waals surface area contributed by atoms with Crippen LogP contribution in [0.4, 0.5) is 11.7 Å². The van der Waals surface area contributed by atoms with Crippen molar-refractivity contribution in [2.24, 2.45) is 0 Å². The van der Waals surface area contributed by atoms with Crippen LogP contribution >= 0.6 is 0 Å². The zero-order valence-corrected chi connectivity index (χ0v) is 21.4. The van der Waals surface area contributed by atoms with E-state index in [2.05, 4.69) is 16.4 Å². The molecule has 0 radical (unpaired) electrons. The van der Waals surface area contributed by atoms with Crippen molar-refractivity contribution in [3.05, 3.63) is 88.0 Å². The molecule has 3 aromatic carbocycles. The maximum Gasteiger partial charge on any atom is 0.303 e. The Labute approximate surface area is 216 Å². The number of amides is 1. The Bertz CT molecular complexity index is 1490. The van der Waals surface area contributed by atoms with Gasteiger partial charge in [-0.25, -0.2) is 0 Å². The molecule has 1 amide bonds. The van der Waals surface area contributed by atoms with Crippen molar-refractivity contribution in [2.75, 3.05) is 11.9 Å². The van der Waals surface area contributed by atoms with E-state index in [4.69, 9.17) is 9.52 Å². The third-order valence-corrected chi connectivity index (χ3v) is 7.13. The van der Waals surface area contributed by atoms with Gasteiger partial charge in [0.1, 0.15) is 5.52 Å². The Kier molecular flexibility index (Phi) is 6.70. The predicted octanol–water partition coefficient (Wildman–Crippen LogP) is 5.89. The van der Waals surface area contributed by atoms with Crippen LogP contribution in [0.25, 0.3) is 11.1 Å². The Hall–Kier alpha value is -4.13. The van der Waals surface area contributed by atoms with Crippen molar-refractivity contribution in [3.8, 4) is 0 Å². The number of nitrogens with zero attached hydrogens (tertiary/aromatic N) is 2. The molecule has 1 aliphatic heterocycles. The second-order valence-corrected chi connectivity index (χ2v) is 9.99. The quantitative estimate of drug-likeness (QED) is 0.330. The summed E-state index contributed by atoms with van der Waals surface area (Å²) in [6.45, 7) is 7.16. The molecule has 0 fully saturated rings. The number of anilines is 2. The van der Waals surface area contributed by atoms with Crippen LogP contribution in [-0.4, -0.2) is 33.4 Å². The van der Waals surface area contributed by atoms with E-state index in [1.54, 1.807) is 0 Å². The molecule has 1 unspecified atom stereocenters. The molecule has 4 aromatic rings. The molecule has 0 bridgehead atoms. The van der Waals surface area contributed by atoms with Gasteiger partial charge in [0.15, 0.2) is 5.58 Å². The van der Waals surface area contributed by atoms with Crippen LogP contribution in [0.2, 0.25) is 0 Å². The SMILES string of the molecule is Cc1ccccc1Nc1nc2c(C)cc(CC(=O)N3CCc4cc(C(C)CC(=O)O)ccc4C3)cc2o1. The van der Waals surface area contributed by atoms with Gasteiger partial charge in [0.25, 0.3) is 6.01 Å². The van der Waals surface area contributed by atoms with Crippen LogP contribution in [0, 0.1) is 13.8 Å². The molecule has 1 aromatic heterocycles. The summed E-state index contributed by atoms with van der Waals surface area (Å²) >= 11 is 0. The number of carboxylic acid groups (broad SMARTS) is 1. The Morgan fingerprint density at radius 2 is 1.89 bits per heavy atom. The first kappa shape index (κ1) is 24.6. The molecule has 0 saturated heterocycles. The molecule has 1 atom stereocenters. The highest BCUT2D eigenvalue weighted by molar-refractivity contribution is 5.84. The number of rotatable bonds is 7. The molecule has 1 aliphatic rings. The lowest BCUT2D eigenvalue weighted by atomic mass is 9.91. The van der Waals surface area contributed by atoms with Gasteiger partial charge >= 0.3 is 5.97 Å². The third-order valence-electron chi connectivity index (χ3n) is 7.13. The monoisotopic (exact) mass is 497 g/mol. The second kappa shape index (κ2) is 10.1. The van der Waals surface area contributed by atoms with Crippen LogP contribution in [0.1, 0.15) is 52.6 Å². The van der Waals surface area contributed by atoms with Crippen molar-refractivity contribution in [1.29, 1.82) is 0 Å². The number of benzene rings is 3. The number of carbonyl (C=O) groups is 2. The lowest BCUT2D eigenvalue weighted by Gasteiger charge is -2.30. The zero-order valence-electron chi connectivity index (χ0n) is 21.4. The van der Waals surface area contributed by atoms with Gasteiger partial charge in [-0.05, 0) is 71.7 Å². The summed E-state index contributed by atoms with van der Waals surface area (Å²) in [6.07, 6.45) is 1.17. The fraction of sp³-hybridized carbons (Fsp3) is 0.300. The summed E-state index contributed by atoms with van der Waals surface area (Å²) in [5.41, 5.74) is 8.71. The van der Waals surface area contributed by atoms with Crippen molar-refractivity contribution in [1.82, 2.24) is 9.88 Å². The molecule has 2 heterocycles. The van der Waals surface area contributed by atoms with Crippen LogP contribution in [0.3, 0.4) is 0 Å². The molecule has 0 spiro atoms. The number of nitrogens with one attached hydrogen (secondary N) is 1. The summed E-state index contributed by atoms with van der Waals surface area (Å²) in [4.78, 5) is 30.8. The summed E-state index contributed by atoms with van der Waals surface area (Å²) in [5, 5.41) is 12.3. The van der Waals surface area contributed by atoms with E-state index in [9.17, 15) is 9.59 Å². The second-order valence-electron chi connectivity index (χ2n) is 9.99. The molecule has 2 N–H and O–H groups in total.